The van der Waals surface area contributed by atoms with Crippen LogP contribution in [0.4, 0.5) is 13.2 Å². The predicted octanol–water partition coefficient (Wildman–Crippen LogP) is 4.88. The van der Waals surface area contributed by atoms with Crippen LogP contribution in [0, 0.1) is 0 Å². The van der Waals surface area contributed by atoms with Gasteiger partial charge in [-0.05, 0) is 75.5 Å². The van der Waals surface area contributed by atoms with Gasteiger partial charge >= 0.3 is 12.1 Å². The number of rotatable bonds is 6. The van der Waals surface area contributed by atoms with Gasteiger partial charge in [0.1, 0.15) is 0 Å². The first-order valence-corrected chi connectivity index (χ1v) is 8.93. The molecule has 140 valence electrons. The molecule has 1 heterocycles. The predicted molar refractivity (Wildman–Crippen MR) is 90.7 cm³/mol. The van der Waals surface area contributed by atoms with Crippen molar-refractivity contribution in [2.45, 2.75) is 44.7 Å². The van der Waals surface area contributed by atoms with Crippen molar-refractivity contribution in [3.05, 3.63) is 34.3 Å². The van der Waals surface area contributed by atoms with Gasteiger partial charge in [-0.1, -0.05) is 11.6 Å². The van der Waals surface area contributed by atoms with Gasteiger partial charge in [0, 0.05) is 11.4 Å². The number of alkyl halides is 3. The third-order valence-corrected chi connectivity index (χ3v) is 4.86. The quantitative estimate of drug-likeness (QED) is 0.661. The molecule has 1 aliphatic rings. The number of benzene rings is 1. The van der Waals surface area contributed by atoms with Crippen LogP contribution in [0.1, 0.15) is 49.7 Å². The molecule has 0 radical (unpaired) electrons. The van der Waals surface area contributed by atoms with E-state index in [0.717, 1.165) is 45.0 Å². The van der Waals surface area contributed by atoms with Crippen LogP contribution in [-0.4, -0.2) is 37.1 Å². The molecular formula is C18H23ClF3NO2. The summed E-state index contributed by atoms with van der Waals surface area (Å²) >= 11 is 6.13. The van der Waals surface area contributed by atoms with E-state index in [1.165, 1.54) is 12.1 Å². The molecule has 1 aromatic carbocycles. The summed E-state index contributed by atoms with van der Waals surface area (Å²) in [5.41, 5.74) is -0.0635. The Hall–Kier alpha value is -1.27. The van der Waals surface area contributed by atoms with E-state index < -0.39 is 11.7 Å². The Morgan fingerprint density at radius 3 is 2.60 bits per heavy atom. The second-order valence-corrected chi connectivity index (χ2v) is 6.67. The fourth-order valence-corrected chi connectivity index (χ4v) is 3.45. The van der Waals surface area contributed by atoms with E-state index in [1.807, 2.05) is 0 Å². The first kappa shape index (κ1) is 20.0. The number of piperidine rings is 1. The van der Waals surface area contributed by atoms with E-state index in [2.05, 4.69) is 4.90 Å². The number of likely N-dealkylation sites (tertiary alicyclic amines) is 1. The molecule has 25 heavy (non-hydrogen) atoms. The van der Waals surface area contributed by atoms with Crippen LogP contribution in [0.5, 0.6) is 0 Å². The SMILES string of the molecule is CCOC(=O)CCCN1CCC(c2cc(C(F)(F)F)ccc2Cl)CC1. The lowest BCUT2D eigenvalue weighted by molar-refractivity contribution is -0.143. The van der Waals surface area contributed by atoms with Crippen molar-refractivity contribution in [2.24, 2.45) is 0 Å². The number of carbonyl (C=O) groups is 1. The van der Waals surface area contributed by atoms with Crippen LogP contribution < -0.4 is 0 Å². The largest absolute Gasteiger partial charge is 0.466 e. The first-order valence-electron chi connectivity index (χ1n) is 8.56. The van der Waals surface area contributed by atoms with Gasteiger partial charge in [-0.3, -0.25) is 4.79 Å². The van der Waals surface area contributed by atoms with E-state index in [0.29, 0.717) is 23.6 Å². The summed E-state index contributed by atoms with van der Waals surface area (Å²) in [5, 5.41) is 0.397. The first-order chi connectivity index (χ1) is 11.8. The lowest BCUT2D eigenvalue weighted by Crippen LogP contribution is -2.34. The van der Waals surface area contributed by atoms with Gasteiger partial charge in [0.15, 0.2) is 0 Å². The van der Waals surface area contributed by atoms with Gasteiger partial charge in [-0.25, -0.2) is 0 Å². The van der Waals surface area contributed by atoms with Crippen LogP contribution >= 0.6 is 11.6 Å². The molecule has 0 atom stereocenters. The van der Waals surface area contributed by atoms with Crippen LogP contribution in [0.15, 0.2) is 18.2 Å². The average molecular weight is 378 g/mol. The summed E-state index contributed by atoms with van der Waals surface area (Å²) in [4.78, 5) is 13.6. The molecule has 0 saturated carbocycles. The van der Waals surface area contributed by atoms with Gasteiger partial charge in [0.25, 0.3) is 0 Å². The molecule has 1 saturated heterocycles. The summed E-state index contributed by atoms with van der Waals surface area (Å²) in [6.07, 6.45) is -1.70. The highest BCUT2D eigenvalue weighted by molar-refractivity contribution is 6.31. The molecule has 2 rings (SSSR count). The van der Waals surface area contributed by atoms with Gasteiger partial charge in [-0.15, -0.1) is 0 Å². The van der Waals surface area contributed by atoms with Crippen molar-refractivity contribution in [2.75, 3.05) is 26.2 Å². The second-order valence-electron chi connectivity index (χ2n) is 6.26. The summed E-state index contributed by atoms with van der Waals surface area (Å²) < 4.78 is 43.6. The van der Waals surface area contributed by atoms with Crippen molar-refractivity contribution >= 4 is 17.6 Å². The summed E-state index contributed by atoms with van der Waals surface area (Å²) in [5.74, 6) is -0.149. The molecule has 0 unspecified atom stereocenters. The minimum absolute atomic E-state index is 0.0381. The van der Waals surface area contributed by atoms with E-state index in [1.54, 1.807) is 6.92 Å². The average Bonchev–Trinajstić information content (AvgIpc) is 2.55. The molecule has 1 fully saturated rings. The number of nitrogens with zero attached hydrogens (tertiary/aromatic N) is 1. The Morgan fingerprint density at radius 1 is 1.32 bits per heavy atom. The van der Waals surface area contributed by atoms with Gasteiger partial charge in [0.2, 0.25) is 0 Å². The van der Waals surface area contributed by atoms with E-state index in [9.17, 15) is 18.0 Å². The Bertz CT molecular complexity index is 584. The number of hydrogen-bond donors (Lipinski definition) is 0. The number of esters is 1. The van der Waals surface area contributed by atoms with Crippen molar-refractivity contribution in [3.8, 4) is 0 Å². The Morgan fingerprint density at radius 2 is 2.00 bits per heavy atom. The molecule has 1 aromatic rings. The molecule has 0 bridgehead atoms. The van der Waals surface area contributed by atoms with Crippen molar-refractivity contribution in [1.82, 2.24) is 4.90 Å². The molecule has 0 spiro atoms. The van der Waals surface area contributed by atoms with Crippen LogP contribution in [0.3, 0.4) is 0 Å². The van der Waals surface area contributed by atoms with Crippen molar-refractivity contribution < 1.29 is 22.7 Å². The lowest BCUT2D eigenvalue weighted by Gasteiger charge is -2.32. The standard InChI is InChI=1S/C18H23ClF3NO2/c1-2-25-17(24)4-3-9-23-10-7-13(8-11-23)15-12-14(18(20,21)22)5-6-16(15)19/h5-6,12-13H,2-4,7-11H2,1H3. The maximum Gasteiger partial charge on any atom is 0.416 e. The summed E-state index contributed by atoms with van der Waals surface area (Å²) in [6, 6.07) is 3.55. The maximum atomic E-state index is 12.9. The second kappa shape index (κ2) is 8.90. The highest BCUT2D eigenvalue weighted by atomic mass is 35.5. The van der Waals surface area contributed by atoms with E-state index >= 15 is 0 Å². The van der Waals surface area contributed by atoms with Gasteiger partial charge < -0.3 is 9.64 Å². The number of ether oxygens (including phenoxy) is 1. The van der Waals surface area contributed by atoms with Gasteiger partial charge in [0.05, 0.1) is 12.2 Å². The molecular weight excluding hydrogens is 355 g/mol. The maximum absolute atomic E-state index is 12.9. The fraction of sp³-hybridized carbons (Fsp3) is 0.611. The minimum atomic E-state index is -4.35. The molecule has 0 amide bonds. The topological polar surface area (TPSA) is 29.5 Å². The minimum Gasteiger partial charge on any atom is -0.466 e. The summed E-state index contributed by atoms with van der Waals surface area (Å²) in [6.45, 7) is 4.55. The zero-order chi connectivity index (χ0) is 18.4. The number of carbonyl (C=O) groups excluding carboxylic acids is 1. The van der Waals surface area contributed by atoms with Crippen molar-refractivity contribution in [3.63, 3.8) is 0 Å². The van der Waals surface area contributed by atoms with Crippen LogP contribution in [0.25, 0.3) is 0 Å². The number of hydrogen-bond acceptors (Lipinski definition) is 3. The Kier molecular flexibility index (Phi) is 7.14. The van der Waals surface area contributed by atoms with Crippen LogP contribution in [-0.2, 0) is 15.7 Å². The fourth-order valence-electron chi connectivity index (χ4n) is 3.18. The zero-order valence-electron chi connectivity index (χ0n) is 14.2. The van der Waals surface area contributed by atoms with Crippen molar-refractivity contribution in [1.29, 1.82) is 0 Å². The molecule has 3 nitrogen and oxygen atoms in total. The summed E-state index contributed by atoms with van der Waals surface area (Å²) in [7, 11) is 0. The van der Waals surface area contributed by atoms with Crippen LogP contribution in [0.2, 0.25) is 5.02 Å². The molecule has 0 N–H and O–H groups in total. The molecule has 0 aromatic heterocycles. The third-order valence-electron chi connectivity index (χ3n) is 4.51. The molecule has 1 aliphatic heterocycles. The molecule has 7 heteroatoms. The van der Waals surface area contributed by atoms with E-state index in [4.69, 9.17) is 16.3 Å². The number of halogens is 4. The zero-order valence-corrected chi connectivity index (χ0v) is 15.0. The van der Waals surface area contributed by atoms with E-state index in [-0.39, 0.29) is 11.9 Å². The third kappa shape index (κ3) is 5.89. The highest BCUT2D eigenvalue weighted by Crippen LogP contribution is 2.37. The lowest BCUT2D eigenvalue weighted by atomic mass is 9.88. The Balaban J connectivity index is 1.87. The van der Waals surface area contributed by atoms with Gasteiger partial charge in [-0.2, -0.15) is 13.2 Å². The smallest absolute Gasteiger partial charge is 0.416 e. The Labute approximate surface area is 151 Å². The molecule has 0 aliphatic carbocycles. The highest BCUT2D eigenvalue weighted by Gasteiger charge is 2.32. The monoisotopic (exact) mass is 377 g/mol. The normalized spacial score (nSPS) is 16.8.